The molecule has 0 bridgehead atoms. The number of halogens is 2. The van der Waals surface area contributed by atoms with Crippen LogP contribution in [-0.4, -0.2) is 6.29 Å². The van der Waals surface area contributed by atoms with Gasteiger partial charge in [0.05, 0.1) is 0 Å². The van der Waals surface area contributed by atoms with E-state index in [0.717, 1.165) is 5.57 Å². The van der Waals surface area contributed by atoms with E-state index in [2.05, 4.69) is 16.1 Å². The number of rotatable bonds is 3. The first-order valence-corrected chi connectivity index (χ1v) is 5.17. The Balaban J connectivity index is 2.21. The standard InChI is InChI=1S/C12H13F2NO2/c1-7(2)5-9(15)8-3-4-10-11(6-8)17-12(13,14)16-10/h3-4,6,9H,1,5,15H2,2H3/t9-/m1/s1. The second-order valence-electron chi connectivity index (χ2n) is 4.14. The van der Waals surface area contributed by atoms with Gasteiger partial charge < -0.3 is 15.2 Å². The number of nitrogens with two attached hydrogens (primary N) is 1. The van der Waals surface area contributed by atoms with Crippen LogP contribution in [0.5, 0.6) is 11.5 Å². The zero-order valence-corrected chi connectivity index (χ0v) is 9.37. The normalized spacial score (nSPS) is 17.9. The predicted octanol–water partition coefficient (Wildman–Crippen LogP) is 2.97. The fourth-order valence-electron chi connectivity index (χ4n) is 1.69. The molecule has 0 unspecified atom stereocenters. The number of benzene rings is 1. The van der Waals surface area contributed by atoms with Gasteiger partial charge in [-0.3, -0.25) is 0 Å². The monoisotopic (exact) mass is 241 g/mol. The van der Waals surface area contributed by atoms with Crippen LogP contribution in [0.2, 0.25) is 0 Å². The third-order valence-electron chi connectivity index (χ3n) is 2.42. The smallest absolute Gasteiger partial charge is 0.395 e. The highest BCUT2D eigenvalue weighted by Crippen LogP contribution is 2.42. The predicted molar refractivity (Wildman–Crippen MR) is 59.0 cm³/mol. The van der Waals surface area contributed by atoms with Crippen molar-refractivity contribution < 1.29 is 18.3 Å². The summed E-state index contributed by atoms with van der Waals surface area (Å²) >= 11 is 0. The molecule has 92 valence electrons. The van der Waals surface area contributed by atoms with Crippen LogP contribution in [0.3, 0.4) is 0 Å². The molecule has 1 aliphatic rings. The molecule has 0 fully saturated rings. The molecule has 0 aromatic heterocycles. The van der Waals surface area contributed by atoms with Crippen LogP contribution in [0.4, 0.5) is 8.78 Å². The average molecular weight is 241 g/mol. The van der Waals surface area contributed by atoms with Crippen molar-refractivity contribution in [3.05, 3.63) is 35.9 Å². The molecule has 0 saturated carbocycles. The number of hydrogen-bond donors (Lipinski definition) is 1. The molecule has 1 aliphatic heterocycles. The number of ether oxygens (including phenoxy) is 2. The summed E-state index contributed by atoms with van der Waals surface area (Å²) in [5.41, 5.74) is 7.56. The molecular weight excluding hydrogens is 228 g/mol. The van der Waals surface area contributed by atoms with Gasteiger partial charge in [-0.25, -0.2) is 0 Å². The fourth-order valence-corrected chi connectivity index (χ4v) is 1.69. The summed E-state index contributed by atoms with van der Waals surface area (Å²) in [7, 11) is 0. The molecule has 0 saturated heterocycles. The lowest BCUT2D eigenvalue weighted by atomic mass is 10.0. The molecule has 17 heavy (non-hydrogen) atoms. The summed E-state index contributed by atoms with van der Waals surface area (Å²) in [6.07, 6.45) is -2.99. The van der Waals surface area contributed by atoms with E-state index in [4.69, 9.17) is 5.73 Å². The summed E-state index contributed by atoms with van der Waals surface area (Å²) < 4.78 is 34.2. The van der Waals surface area contributed by atoms with Crippen LogP contribution in [0.15, 0.2) is 30.4 Å². The second-order valence-corrected chi connectivity index (χ2v) is 4.14. The van der Waals surface area contributed by atoms with Crippen LogP contribution < -0.4 is 15.2 Å². The van der Waals surface area contributed by atoms with E-state index in [9.17, 15) is 8.78 Å². The maximum absolute atomic E-state index is 12.8. The Morgan fingerprint density at radius 1 is 1.41 bits per heavy atom. The van der Waals surface area contributed by atoms with Crippen LogP contribution in [0.1, 0.15) is 24.9 Å². The lowest BCUT2D eigenvalue weighted by Gasteiger charge is -2.12. The highest BCUT2D eigenvalue weighted by molar-refractivity contribution is 5.46. The summed E-state index contributed by atoms with van der Waals surface area (Å²) in [5, 5.41) is 0. The van der Waals surface area contributed by atoms with Gasteiger partial charge in [0, 0.05) is 6.04 Å². The van der Waals surface area contributed by atoms with E-state index in [1.165, 1.54) is 12.1 Å². The molecule has 0 radical (unpaired) electrons. The van der Waals surface area contributed by atoms with E-state index in [0.29, 0.717) is 12.0 Å². The Morgan fingerprint density at radius 3 is 2.71 bits per heavy atom. The minimum atomic E-state index is -3.58. The van der Waals surface area contributed by atoms with Gasteiger partial charge in [-0.05, 0) is 31.0 Å². The molecule has 1 aromatic carbocycles. The molecular formula is C12H13F2NO2. The Bertz CT molecular complexity index is 460. The third-order valence-corrected chi connectivity index (χ3v) is 2.42. The highest BCUT2D eigenvalue weighted by atomic mass is 19.3. The number of alkyl halides is 2. The Labute approximate surface area is 97.8 Å². The van der Waals surface area contributed by atoms with Crippen LogP contribution in [-0.2, 0) is 0 Å². The van der Waals surface area contributed by atoms with Crippen molar-refractivity contribution in [2.45, 2.75) is 25.7 Å². The second kappa shape index (κ2) is 4.00. The fraction of sp³-hybridized carbons (Fsp3) is 0.333. The van der Waals surface area contributed by atoms with Gasteiger partial charge in [0.15, 0.2) is 11.5 Å². The maximum Gasteiger partial charge on any atom is 0.586 e. The molecule has 0 amide bonds. The first-order valence-electron chi connectivity index (χ1n) is 5.17. The zero-order chi connectivity index (χ0) is 12.6. The summed E-state index contributed by atoms with van der Waals surface area (Å²) in [5.74, 6) is 0.0472. The van der Waals surface area contributed by atoms with E-state index in [-0.39, 0.29) is 17.5 Å². The molecule has 1 aromatic rings. The minimum absolute atomic E-state index is 0.0182. The molecule has 0 spiro atoms. The van der Waals surface area contributed by atoms with Gasteiger partial charge >= 0.3 is 6.29 Å². The Kier molecular flexibility index (Phi) is 2.79. The largest absolute Gasteiger partial charge is 0.586 e. The number of hydrogen-bond acceptors (Lipinski definition) is 3. The average Bonchev–Trinajstić information content (AvgIpc) is 2.48. The summed E-state index contributed by atoms with van der Waals surface area (Å²) in [6.45, 7) is 5.62. The summed E-state index contributed by atoms with van der Waals surface area (Å²) in [4.78, 5) is 0. The van der Waals surface area contributed by atoms with Crippen molar-refractivity contribution in [2.24, 2.45) is 5.73 Å². The molecule has 3 nitrogen and oxygen atoms in total. The van der Waals surface area contributed by atoms with Crippen LogP contribution in [0.25, 0.3) is 0 Å². The molecule has 1 heterocycles. The summed E-state index contributed by atoms with van der Waals surface area (Å²) in [6, 6.07) is 4.28. The van der Waals surface area contributed by atoms with E-state index >= 15 is 0 Å². The van der Waals surface area contributed by atoms with Crippen molar-refractivity contribution >= 4 is 0 Å². The maximum atomic E-state index is 12.8. The molecule has 2 N–H and O–H groups in total. The van der Waals surface area contributed by atoms with Crippen LogP contribution >= 0.6 is 0 Å². The first-order chi connectivity index (χ1) is 7.87. The van der Waals surface area contributed by atoms with Crippen molar-refractivity contribution in [3.63, 3.8) is 0 Å². The first kappa shape index (κ1) is 11.9. The van der Waals surface area contributed by atoms with E-state index < -0.39 is 6.29 Å². The van der Waals surface area contributed by atoms with Gasteiger partial charge in [-0.2, -0.15) is 0 Å². The lowest BCUT2D eigenvalue weighted by Crippen LogP contribution is -2.25. The highest BCUT2D eigenvalue weighted by Gasteiger charge is 2.43. The van der Waals surface area contributed by atoms with E-state index in [1.807, 2.05) is 6.92 Å². The van der Waals surface area contributed by atoms with Gasteiger partial charge in [-0.15, -0.1) is 15.4 Å². The molecule has 1 atom stereocenters. The van der Waals surface area contributed by atoms with Crippen LogP contribution in [0, 0.1) is 0 Å². The van der Waals surface area contributed by atoms with Gasteiger partial charge in [0.1, 0.15) is 0 Å². The molecule has 2 rings (SSSR count). The van der Waals surface area contributed by atoms with Crippen molar-refractivity contribution in [3.8, 4) is 11.5 Å². The third kappa shape index (κ3) is 2.55. The quantitative estimate of drug-likeness (QED) is 0.827. The van der Waals surface area contributed by atoms with E-state index in [1.54, 1.807) is 6.07 Å². The zero-order valence-electron chi connectivity index (χ0n) is 9.37. The molecule has 0 aliphatic carbocycles. The minimum Gasteiger partial charge on any atom is -0.395 e. The SMILES string of the molecule is C=C(C)C[C@@H](N)c1ccc2c(c1)OC(F)(F)O2. The number of fused-ring (bicyclic) bond motifs is 1. The van der Waals surface area contributed by atoms with Gasteiger partial charge in [0.2, 0.25) is 0 Å². The molecule has 5 heteroatoms. The Morgan fingerprint density at radius 2 is 2.06 bits per heavy atom. The van der Waals surface area contributed by atoms with Crippen molar-refractivity contribution in [1.82, 2.24) is 0 Å². The Hall–Kier alpha value is -1.62. The van der Waals surface area contributed by atoms with Gasteiger partial charge in [-0.1, -0.05) is 11.6 Å². The van der Waals surface area contributed by atoms with Crippen molar-refractivity contribution in [2.75, 3.05) is 0 Å². The van der Waals surface area contributed by atoms with Crippen molar-refractivity contribution in [1.29, 1.82) is 0 Å². The lowest BCUT2D eigenvalue weighted by molar-refractivity contribution is -0.286. The van der Waals surface area contributed by atoms with Gasteiger partial charge in [0.25, 0.3) is 0 Å². The topological polar surface area (TPSA) is 44.5 Å².